The molecule has 1 aromatic rings. The Balaban J connectivity index is 2.32. The van der Waals surface area contributed by atoms with Crippen molar-refractivity contribution in [1.82, 2.24) is 4.90 Å². The van der Waals surface area contributed by atoms with Gasteiger partial charge < -0.3 is 20.1 Å². The Morgan fingerprint density at radius 2 is 2.32 bits per heavy atom. The number of fused-ring (bicyclic) bond motifs is 1. The van der Waals surface area contributed by atoms with Gasteiger partial charge in [-0.3, -0.25) is 9.59 Å². The molecule has 6 heteroatoms. The van der Waals surface area contributed by atoms with Gasteiger partial charge in [0, 0.05) is 14.0 Å². The van der Waals surface area contributed by atoms with Crippen LogP contribution in [0.1, 0.15) is 18.5 Å². The second-order valence-corrected chi connectivity index (χ2v) is 4.42. The summed E-state index contributed by atoms with van der Waals surface area (Å²) in [7, 11) is 1.62. The number of hydrogen-bond acceptors (Lipinski definition) is 4. The number of anilines is 1. The summed E-state index contributed by atoms with van der Waals surface area (Å²) in [6.45, 7) is 1.25. The van der Waals surface area contributed by atoms with E-state index in [1.54, 1.807) is 25.2 Å². The molecule has 1 atom stereocenters. The molecule has 0 bridgehead atoms. The maximum absolute atomic E-state index is 11.4. The number of amides is 2. The first kappa shape index (κ1) is 13.4. The highest BCUT2D eigenvalue weighted by Crippen LogP contribution is 2.31. The highest BCUT2D eigenvalue weighted by molar-refractivity contribution is 5.95. The first-order chi connectivity index (χ1) is 9.02. The molecular formula is C13H16N2O4. The van der Waals surface area contributed by atoms with E-state index >= 15 is 0 Å². The van der Waals surface area contributed by atoms with E-state index in [9.17, 15) is 14.7 Å². The maximum Gasteiger partial charge on any atom is 0.262 e. The van der Waals surface area contributed by atoms with Gasteiger partial charge in [0.05, 0.1) is 18.3 Å². The van der Waals surface area contributed by atoms with Gasteiger partial charge in [0.1, 0.15) is 5.75 Å². The smallest absolute Gasteiger partial charge is 0.262 e. The largest absolute Gasteiger partial charge is 0.482 e. The zero-order chi connectivity index (χ0) is 14.0. The molecule has 1 aromatic carbocycles. The van der Waals surface area contributed by atoms with Crippen molar-refractivity contribution in [1.29, 1.82) is 0 Å². The van der Waals surface area contributed by atoms with Gasteiger partial charge in [-0.2, -0.15) is 0 Å². The van der Waals surface area contributed by atoms with Crippen LogP contribution < -0.4 is 10.1 Å². The molecule has 19 heavy (non-hydrogen) atoms. The monoisotopic (exact) mass is 264 g/mol. The van der Waals surface area contributed by atoms with Gasteiger partial charge in [0.25, 0.3) is 5.91 Å². The number of aliphatic hydroxyl groups is 1. The normalized spacial score (nSPS) is 15.0. The number of ether oxygens (including phenoxy) is 1. The molecule has 0 saturated carbocycles. The minimum Gasteiger partial charge on any atom is -0.482 e. The fourth-order valence-corrected chi connectivity index (χ4v) is 1.98. The van der Waals surface area contributed by atoms with Crippen LogP contribution in [0.3, 0.4) is 0 Å². The molecule has 1 unspecified atom stereocenters. The second-order valence-electron chi connectivity index (χ2n) is 4.42. The Morgan fingerprint density at radius 1 is 1.58 bits per heavy atom. The minimum atomic E-state index is -0.443. The van der Waals surface area contributed by atoms with Gasteiger partial charge in [-0.25, -0.2) is 0 Å². The zero-order valence-corrected chi connectivity index (χ0v) is 10.8. The van der Waals surface area contributed by atoms with Gasteiger partial charge in [-0.15, -0.1) is 0 Å². The number of carbonyl (C=O) groups excluding carboxylic acids is 2. The van der Waals surface area contributed by atoms with E-state index in [-0.39, 0.29) is 25.0 Å². The molecule has 2 amide bonds. The Bertz CT molecular complexity index is 515. The van der Waals surface area contributed by atoms with Crippen LogP contribution in [0.25, 0.3) is 0 Å². The number of carbonyl (C=O) groups is 2. The Hall–Kier alpha value is -2.08. The molecule has 2 N–H and O–H groups in total. The number of hydrogen-bond donors (Lipinski definition) is 2. The molecule has 0 saturated heterocycles. The lowest BCUT2D eigenvalue weighted by Gasteiger charge is -2.27. The average Bonchev–Trinajstić information content (AvgIpc) is 2.38. The molecule has 102 valence electrons. The van der Waals surface area contributed by atoms with E-state index in [2.05, 4.69) is 5.32 Å². The lowest BCUT2D eigenvalue weighted by atomic mass is 10.0. The summed E-state index contributed by atoms with van der Waals surface area (Å²) in [5, 5.41) is 12.1. The Morgan fingerprint density at radius 3 is 2.95 bits per heavy atom. The molecule has 6 nitrogen and oxygen atoms in total. The van der Waals surface area contributed by atoms with E-state index in [0.717, 1.165) is 5.56 Å². The predicted octanol–water partition coefficient (Wildman–Crippen LogP) is 0.529. The highest BCUT2D eigenvalue weighted by atomic mass is 16.5. The van der Waals surface area contributed by atoms with Gasteiger partial charge in [0.2, 0.25) is 5.91 Å². The van der Waals surface area contributed by atoms with E-state index < -0.39 is 6.04 Å². The molecule has 1 heterocycles. The van der Waals surface area contributed by atoms with Crippen molar-refractivity contribution in [3.8, 4) is 5.75 Å². The number of nitrogens with one attached hydrogen (secondary N) is 1. The van der Waals surface area contributed by atoms with E-state index in [4.69, 9.17) is 4.74 Å². The third-order valence-corrected chi connectivity index (χ3v) is 3.16. The fourth-order valence-electron chi connectivity index (χ4n) is 1.98. The molecule has 0 fully saturated rings. The molecule has 0 spiro atoms. The van der Waals surface area contributed by atoms with Crippen molar-refractivity contribution >= 4 is 17.5 Å². The summed E-state index contributed by atoms with van der Waals surface area (Å²) in [6, 6.07) is 4.77. The van der Waals surface area contributed by atoms with Gasteiger partial charge >= 0.3 is 0 Å². The Kier molecular flexibility index (Phi) is 3.71. The number of nitrogens with zero attached hydrogens (tertiary/aromatic N) is 1. The van der Waals surface area contributed by atoms with E-state index in [1.807, 2.05) is 0 Å². The molecular weight excluding hydrogens is 248 g/mol. The van der Waals surface area contributed by atoms with Crippen LogP contribution in [0.4, 0.5) is 5.69 Å². The second kappa shape index (κ2) is 5.27. The number of rotatable bonds is 3. The summed E-state index contributed by atoms with van der Waals surface area (Å²) >= 11 is 0. The summed E-state index contributed by atoms with van der Waals surface area (Å²) in [5.74, 6) is 0.229. The molecule has 0 radical (unpaired) electrons. The Labute approximate surface area is 111 Å². The SMILES string of the molecule is CC(=O)N(C)C(CO)c1ccc2c(c1)NC(=O)CO2. The van der Waals surface area contributed by atoms with Crippen LogP contribution >= 0.6 is 0 Å². The summed E-state index contributed by atoms with van der Waals surface area (Å²) in [6.07, 6.45) is 0. The third kappa shape index (κ3) is 2.68. The van der Waals surface area contributed by atoms with Crippen LogP contribution in [0, 0.1) is 0 Å². The summed E-state index contributed by atoms with van der Waals surface area (Å²) in [5.41, 5.74) is 1.30. The van der Waals surface area contributed by atoms with Crippen molar-refractivity contribution in [2.75, 3.05) is 25.6 Å². The molecule has 1 aliphatic rings. The predicted molar refractivity (Wildman–Crippen MR) is 68.8 cm³/mol. The molecule has 0 aromatic heterocycles. The third-order valence-electron chi connectivity index (χ3n) is 3.16. The van der Waals surface area contributed by atoms with Gasteiger partial charge in [0.15, 0.2) is 6.61 Å². The number of benzene rings is 1. The lowest BCUT2D eigenvalue weighted by molar-refractivity contribution is -0.130. The van der Waals surface area contributed by atoms with Crippen molar-refractivity contribution in [3.05, 3.63) is 23.8 Å². The van der Waals surface area contributed by atoms with Crippen molar-refractivity contribution in [3.63, 3.8) is 0 Å². The highest BCUT2D eigenvalue weighted by Gasteiger charge is 2.22. The topological polar surface area (TPSA) is 78.9 Å². The number of aliphatic hydroxyl groups excluding tert-OH is 1. The number of likely N-dealkylation sites (N-methyl/N-ethyl adjacent to an activating group) is 1. The minimum absolute atomic E-state index is 0.00310. The van der Waals surface area contributed by atoms with Crippen LogP contribution in [-0.4, -0.2) is 42.1 Å². The lowest BCUT2D eigenvalue weighted by Crippen LogP contribution is -2.31. The van der Waals surface area contributed by atoms with Crippen LogP contribution in [0.2, 0.25) is 0 Å². The van der Waals surface area contributed by atoms with Crippen molar-refractivity contribution in [2.45, 2.75) is 13.0 Å². The van der Waals surface area contributed by atoms with Gasteiger partial charge in [-0.05, 0) is 17.7 Å². The molecule has 2 rings (SSSR count). The van der Waals surface area contributed by atoms with E-state index in [0.29, 0.717) is 11.4 Å². The maximum atomic E-state index is 11.4. The van der Waals surface area contributed by atoms with Crippen LogP contribution in [0.15, 0.2) is 18.2 Å². The van der Waals surface area contributed by atoms with Crippen LogP contribution in [0.5, 0.6) is 5.75 Å². The van der Waals surface area contributed by atoms with Crippen LogP contribution in [-0.2, 0) is 9.59 Å². The quantitative estimate of drug-likeness (QED) is 0.834. The van der Waals surface area contributed by atoms with Gasteiger partial charge in [-0.1, -0.05) is 6.07 Å². The average molecular weight is 264 g/mol. The standard InChI is InChI=1S/C13H16N2O4/c1-8(17)15(2)11(6-16)9-3-4-12-10(5-9)14-13(18)7-19-12/h3-5,11,16H,6-7H2,1-2H3,(H,14,18). The summed E-state index contributed by atoms with van der Waals surface area (Å²) in [4.78, 5) is 24.1. The first-order valence-electron chi connectivity index (χ1n) is 5.93. The molecule has 0 aliphatic carbocycles. The van der Waals surface area contributed by atoms with Crippen molar-refractivity contribution < 1.29 is 19.4 Å². The van der Waals surface area contributed by atoms with Crippen molar-refractivity contribution in [2.24, 2.45) is 0 Å². The van der Waals surface area contributed by atoms with E-state index in [1.165, 1.54) is 11.8 Å². The summed E-state index contributed by atoms with van der Waals surface area (Å²) < 4.78 is 5.26. The fraction of sp³-hybridized carbons (Fsp3) is 0.385. The molecule has 1 aliphatic heterocycles. The zero-order valence-electron chi connectivity index (χ0n) is 10.8. The first-order valence-corrected chi connectivity index (χ1v) is 5.93.